The average Bonchev–Trinajstić information content (AvgIpc) is 2.25. The number of carbonyl (C=O) groups is 1. The fraction of sp³-hybridized carbons (Fsp3) is 0.308. The van der Waals surface area contributed by atoms with Crippen molar-refractivity contribution in [2.24, 2.45) is 0 Å². The molecule has 0 saturated heterocycles. The molecule has 0 atom stereocenters. The van der Waals surface area contributed by atoms with Crippen molar-refractivity contribution >= 4 is 12.4 Å². The highest BCUT2D eigenvalue weighted by molar-refractivity contribution is 5.76. The molecule has 0 aliphatic rings. The lowest BCUT2D eigenvalue weighted by atomic mass is 10.1. The fourth-order valence-electron chi connectivity index (χ4n) is 1.28. The van der Waals surface area contributed by atoms with Crippen LogP contribution in [0.5, 0.6) is 0 Å². The molecule has 0 fully saturated rings. The summed E-state index contributed by atoms with van der Waals surface area (Å²) in [5, 5.41) is 0. The molecule has 74 valence electrons. The maximum atomic E-state index is 10.5. The molecule has 0 radical (unpaired) electrons. The third-order valence-electron chi connectivity index (χ3n) is 2.08. The minimum Gasteiger partial charge on any atom is -0.298 e. The number of carbonyl (C=O) groups excluding carboxylic acids is 1. The molecule has 0 aromatic heterocycles. The van der Waals surface area contributed by atoms with E-state index in [0.717, 1.165) is 23.8 Å². The Kier molecular flexibility index (Phi) is 4.70. The minimum absolute atomic E-state index is 0.739. The zero-order valence-corrected chi connectivity index (χ0v) is 8.57. The smallest absolute Gasteiger partial charge is 0.150 e. The highest BCUT2D eigenvalue weighted by Crippen LogP contribution is 2.06. The van der Waals surface area contributed by atoms with Crippen molar-refractivity contribution in [3.05, 3.63) is 41.5 Å². The Labute approximate surface area is 85.5 Å². The third-order valence-corrected chi connectivity index (χ3v) is 2.08. The molecule has 0 aliphatic carbocycles. The highest BCUT2D eigenvalue weighted by atomic mass is 16.1. The number of rotatable bonds is 5. The predicted molar refractivity (Wildman–Crippen MR) is 60.4 cm³/mol. The van der Waals surface area contributed by atoms with Gasteiger partial charge in [0.05, 0.1) is 0 Å². The Morgan fingerprint density at radius 1 is 1.29 bits per heavy atom. The van der Waals surface area contributed by atoms with Crippen molar-refractivity contribution in [3.63, 3.8) is 0 Å². The molecule has 0 N–H and O–H groups in total. The Bertz CT molecular complexity index is 313. The second-order valence-electron chi connectivity index (χ2n) is 3.33. The SMILES string of the molecule is CCCC/C=C\c1cccc(C=O)c1. The molecule has 0 spiro atoms. The quantitative estimate of drug-likeness (QED) is 0.508. The second-order valence-corrected chi connectivity index (χ2v) is 3.33. The third kappa shape index (κ3) is 3.56. The van der Waals surface area contributed by atoms with Crippen LogP contribution in [-0.4, -0.2) is 6.29 Å². The molecule has 0 saturated carbocycles. The first-order valence-electron chi connectivity index (χ1n) is 5.08. The van der Waals surface area contributed by atoms with Crippen LogP contribution in [0, 0.1) is 0 Å². The van der Waals surface area contributed by atoms with Crippen LogP contribution in [0.4, 0.5) is 0 Å². The van der Waals surface area contributed by atoms with Gasteiger partial charge in [0.25, 0.3) is 0 Å². The summed E-state index contributed by atoms with van der Waals surface area (Å²) < 4.78 is 0. The zero-order chi connectivity index (χ0) is 10.2. The van der Waals surface area contributed by atoms with Gasteiger partial charge in [-0.1, -0.05) is 50.1 Å². The number of aldehydes is 1. The Balaban J connectivity index is 2.57. The number of benzene rings is 1. The van der Waals surface area contributed by atoms with Crippen LogP contribution in [0.2, 0.25) is 0 Å². The Morgan fingerprint density at radius 2 is 2.07 bits per heavy atom. The average molecular weight is 188 g/mol. The summed E-state index contributed by atoms with van der Waals surface area (Å²) in [7, 11) is 0. The van der Waals surface area contributed by atoms with Crippen molar-refractivity contribution in [3.8, 4) is 0 Å². The van der Waals surface area contributed by atoms with Crippen LogP contribution in [0.25, 0.3) is 6.08 Å². The van der Waals surface area contributed by atoms with Gasteiger partial charge in [0.2, 0.25) is 0 Å². The van der Waals surface area contributed by atoms with Gasteiger partial charge in [-0.25, -0.2) is 0 Å². The van der Waals surface area contributed by atoms with E-state index in [-0.39, 0.29) is 0 Å². The van der Waals surface area contributed by atoms with Crippen molar-refractivity contribution in [2.75, 3.05) is 0 Å². The first-order valence-corrected chi connectivity index (χ1v) is 5.08. The molecule has 1 heteroatoms. The molecule has 1 aromatic rings. The topological polar surface area (TPSA) is 17.1 Å². The molecule has 1 rings (SSSR count). The molecule has 14 heavy (non-hydrogen) atoms. The van der Waals surface area contributed by atoms with Crippen LogP contribution in [-0.2, 0) is 0 Å². The largest absolute Gasteiger partial charge is 0.298 e. The van der Waals surface area contributed by atoms with E-state index in [2.05, 4.69) is 19.1 Å². The van der Waals surface area contributed by atoms with E-state index in [9.17, 15) is 4.79 Å². The molecule has 0 unspecified atom stereocenters. The van der Waals surface area contributed by atoms with E-state index in [4.69, 9.17) is 0 Å². The Hall–Kier alpha value is -1.37. The van der Waals surface area contributed by atoms with Crippen molar-refractivity contribution in [1.29, 1.82) is 0 Å². The van der Waals surface area contributed by atoms with Gasteiger partial charge in [-0.2, -0.15) is 0 Å². The van der Waals surface area contributed by atoms with Crippen LogP contribution >= 0.6 is 0 Å². The summed E-state index contributed by atoms with van der Waals surface area (Å²) in [6, 6.07) is 7.63. The van der Waals surface area contributed by atoms with Gasteiger partial charge in [0.15, 0.2) is 0 Å². The van der Waals surface area contributed by atoms with Crippen LogP contribution < -0.4 is 0 Å². The van der Waals surface area contributed by atoms with Crippen molar-refractivity contribution < 1.29 is 4.79 Å². The van der Waals surface area contributed by atoms with Gasteiger partial charge >= 0.3 is 0 Å². The lowest BCUT2D eigenvalue weighted by Crippen LogP contribution is -1.79. The summed E-state index contributed by atoms with van der Waals surface area (Å²) in [6.45, 7) is 2.18. The van der Waals surface area contributed by atoms with Crippen molar-refractivity contribution in [1.82, 2.24) is 0 Å². The van der Waals surface area contributed by atoms with Crippen molar-refractivity contribution in [2.45, 2.75) is 26.2 Å². The molecule has 1 aromatic carbocycles. The standard InChI is InChI=1S/C13H16O/c1-2-3-4-5-7-12-8-6-9-13(10-12)11-14/h5-11H,2-4H2,1H3/b7-5-. The number of hydrogen-bond acceptors (Lipinski definition) is 1. The van der Waals surface area contributed by atoms with E-state index in [0.29, 0.717) is 0 Å². The summed E-state index contributed by atoms with van der Waals surface area (Å²) >= 11 is 0. The number of allylic oxidation sites excluding steroid dienone is 1. The molecular weight excluding hydrogens is 172 g/mol. The van der Waals surface area contributed by atoms with Crippen LogP contribution in [0.1, 0.15) is 42.1 Å². The molecule has 1 nitrogen and oxygen atoms in total. The first kappa shape index (κ1) is 10.7. The van der Waals surface area contributed by atoms with Crippen LogP contribution in [0.15, 0.2) is 30.3 Å². The summed E-state index contributed by atoms with van der Waals surface area (Å²) in [6.07, 6.45) is 8.67. The van der Waals surface area contributed by atoms with Gasteiger partial charge < -0.3 is 0 Å². The first-order chi connectivity index (χ1) is 6.86. The van der Waals surface area contributed by atoms with Gasteiger partial charge in [-0.15, -0.1) is 0 Å². The van der Waals surface area contributed by atoms with E-state index in [1.807, 2.05) is 24.3 Å². The molecule has 0 heterocycles. The summed E-state index contributed by atoms with van der Waals surface area (Å²) in [5.41, 5.74) is 1.84. The fourth-order valence-corrected chi connectivity index (χ4v) is 1.28. The van der Waals surface area contributed by atoms with E-state index in [1.165, 1.54) is 12.8 Å². The molecule has 0 aliphatic heterocycles. The van der Waals surface area contributed by atoms with Gasteiger partial charge in [0, 0.05) is 5.56 Å². The summed E-state index contributed by atoms with van der Waals surface area (Å²) in [4.78, 5) is 10.5. The predicted octanol–water partition coefficient (Wildman–Crippen LogP) is 3.70. The van der Waals surface area contributed by atoms with Gasteiger partial charge in [-0.3, -0.25) is 4.79 Å². The summed E-state index contributed by atoms with van der Waals surface area (Å²) in [5.74, 6) is 0. The second kappa shape index (κ2) is 6.14. The Morgan fingerprint density at radius 3 is 2.79 bits per heavy atom. The molecule has 0 amide bonds. The lowest BCUT2D eigenvalue weighted by molar-refractivity contribution is 0.112. The maximum absolute atomic E-state index is 10.5. The van der Waals surface area contributed by atoms with Gasteiger partial charge in [0.1, 0.15) is 6.29 Å². The van der Waals surface area contributed by atoms with E-state index in [1.54, 1.807) is 0 Å². The highest BCUT2D eigenvalue weighted by Gasteiger charge is 1.89. The number of hydrogen-bond donors (Lipinski definition) is 0. The molecule has 0 bridgehead atoms. The van der Waals surface area contributed by atoms with Gasteiger partial charge in [-0.05, 0) is 18.1 Å². The van der Waals surface area contributed by atoms with Crippen LogP contribution in [0.3, 0.4) is 0 Å². The zero-order valence-electron chi connectivity index (χ0n) is 8.57. The normalized spacial score (nSPS) is 10.6. The maximum Gasteiger partial charge on any atom is 0.150 e. The molecular formula is C13H16O. The number of unbranched alkanes of at least 4 members (excludes halogenated alkanes) is 2. The lowest BCUT2D eigenvalue weighted by Gasteiger charge is -1.94. The minimum atomic E-state index is 0.739. The van der Waals surface area contributed by atoms with E-state index < -0.39 is 0 Å². The monoisotopic (exact) mass is 188 g/mol. The van der Waals surface area contributed by atoms with E-state index >= 15 is 0 Å².